The van der Waals surface area contributed by atoms with Crippen molar-refractivity contribution >= 4 is 0 Å². The largest absolute Gasteiger partial charge is 0.159 e. The van der Waals surface area contributed by atoms with Crippen molar-refractivity contribution in [2.24, 2.45) is 0 Å². The second-order valence-electron chi connectivity index (χ2n) is 3.80. The molecule has 2 heteroatoms. The van der Waals surface area contributed by atoms with Crippen LogP contribution in [0.3, 0.4) is 0 Å². The van der Waals surface area contributed by atoms with E-state index in [-0.39, 0.29) is 0 Å². The summed E-state index contributed by atoms with van der Waals surface area (Å²) in [6.45, 7) is 4.35. The average molecular weight is 162 g/mol. The van der Waals surface area contributed by atoms with E-state index in [1.807, 2.05) is 0 Å². The normalized spacial score (nSPS) is 16.9. The molecule has 1 aliphatic carbocycles. The summed E-state index contributed by atoms with van der Waals surface area (Å²) in [7, 11) is 0. The van der Waals surface area contributed by atoms with Crippen molar-refractivity contribution in [3.05, 3.63) is 23.5 Å². The Bertz CT molecular complexity index is 256. The van der Waals surface area contributed by atoms with Crippen LogP contribution >= 0.6 is 0 Å². The second kappa shape index (κ2) is 2.85. The second-order valence-corrected chi connectivity index (χ2v) is 3.80. The quantitative estimate of drug-likeness (QED) is 0.667. The molecule has 1 aromatic rings. The molecule has 0 bridgehead atoms. The zero-order chi connectivity index (χ0) is 8.55. The van der Waals surface area contributed by atoms with Gasteiger partial charge >= 0.3 is 0 Å². The average Bonchev–Trinajstić information content (AvgIpc) is 2.87. The molecule has 1 saturated carbocycles. The molecular weight excluding hydrogens is 148 g/mol. The van der Waals surface area contributed by atoms with Crippen molar-refractivity contribution in [3.63, 3.8) is 0 Å². The molecular formula is C10H14N2. The van der Waals surface area contributed by atoms with Crippen molar-refractivity contribution in [2.45, 2.75) is 38.5 Å². The van der Waals surface area contributed by atoms with Crippen molar-refractivity contribution in [3.8, 4) is 0 Å². The Balaban J connectivity index is 2.36. The minimum absolute atomic E-state index is 0.509. The predicted molar refractivity (Wildman–Crippen MR) is 48.1 cm³/mol. The molecule has 1 aliphatic rings. The number of aromatic nitrogens is 2. The van der Waals surface area contributed by atoms with Gasteiger partial charge in [0.1, 0.15) is 0 Å². The van der Waals surface area contributed by atoms with Gasteiger partial charge in [-0.25, -0.2) is 0 Å². The van der Waals surface area contributed by atoms with Gasteiger partial charge in [-0.15, -0.1) is 0 Å². The van der Waals surface area contributed by atoms with Crippen LogP contribution in [0.4, 0.5) is 0 Å². The van der Waals surface area contributed by atoms with Crippen LogP contribution in [0.1, 0.15) is 49.8 Å². The molecule has 0 unspecified atom stereocenters. The molecule has 0 saturated heterocycles. The van der Waals surface area contributed by atoms with Crippen LogP contribution in [0, 0.1) is 0 Å². The maximum Gasteiger partial charge on any atom is 0.0691 e. The molecule has 0 amide bonds. The monoisotopic (exact) mass is 162 g/mol. The molecule has 1 fully saturated rings. The highest BCUT2D eigenvalue weighted by molar-refractivity contribution is 5.28. The van der Waals surface area contributed by atoms with E-state index >= 15 is 0 Å². The van der Waals surface area contributed by atoms with E-state index in [4.69, 9.17) is 0 Å². The van der Waals surface area contributed by atoms with Crippen LogP contribution < -0.4 is 0 Å². The number of rotatable bonds is 2. The summed E-state index contributed by atoms with van der Waals surface area (Å²) in [5.74, 6) is 1.30. The molecule has 2 rings (SSSR count). The minimum Gasteiger partial charge on any atom is -0.159 e. The van der Waals surface area contributed by atoms with Gasteiger partial charge in [0.25, 0.3) is 0 Å². The fourth-order valence-corrected chi connectivity index (χ4v) is 1.54. The Labute approximate surface area is 73.0 Å². The predicted octanol–water partition coefficient (Wildman–Crippen LogP) is 2.48. The van der Waals surface area contributed by atoms with Gasteiger partial charge in [0.15, 0.2) is 0 Å². The van der Waals surface area contributed by atoms with Gasteiger partial charge in [-0.2, -0.15) is 10.2 Å². The number of nitrogens with zero attached hydrogens (tertiary/aromatic N) is 2. The zero-order valence-corrected chi connectivity index (χ0v) is 7.62. The van der Waals surface area contributed by atoms with E-state index in [1.165, 1.54) is 24.1 Å². The summed E-state index contributed by atoms with van der Waals surface area (Å²) in [5.41, 5.74) is 2.63. The third-order valence-electron chi connectivity index (χ3n) is 2.35. The molecule has 0 aromatic carbocycles. The van der Waals surface area contributed by atoms with Crippen molar-refractivity contribution in [2.75, 3.05) is 0 Å². The Morgan fingerprint density at radius 2 is 2.17 bits per heavy atom. The van der Waals surface area contributed by atoms with Gasteiger partial charge in [0.2, 0.25) is 0 Å². The molecule has 12 heavy (non-hydrogen) atoms. The van der Waals surface area contributed by atoms with Crippen LogP contribution in [0.25, 0.3) is 0 Å². The zero-order valence-electron chi connectivity index (χ0n) is 7.62. The molecule has 0 aliphatic heterocycles. The van der Waals surface area contributed by atoms with Gasteiger partial charge in [-0.05, 0) is 36.3 Å². The summed E-state index contributed by atoms with van der Waals surface area (Å²) < 4.78 is 0. The van der Waals surface area contributed by atoms with E-state index in [2.05, 4.69) is 30.1 Å². The highest BCUT2D eigenvalue weighted by Gasteiger charge is 2.27. The van der Waals surface area contributed by atoms with E-state index in [0.29, 0.717) is 5.92 Å². The third-order valence-corrected chi connectivity index (χ3v) is 2.35. The van der Waals surface area contributed by atoms with Crippen LogP contribution in [-0.4, -0.2) is 10.2 Å². The maximum absolute atomic E-state index is 4.19. The topological polar surface area (TPSA) is 25.8 Å². The van der Waals surface area contributed by atoms with Crippen molar-refractivity contribution < 1.29 is 0 Å². The van der Waals surface area contributed by atoms with Gasteiger partial charge < -0.3 is 0 Å². The Morgan fingerprint density at radius 3 is 2.75 bits per heavy atom. The van der Waals surface area contributed by atoms with E-state index in [0.717, 1.165) is 5.92 Å². The van der Waals surface area contributed by atoms with Gasteiger partial charge in [0.05, 0.1) is 5.69 Å². The van der Waals surface area contributed by atoms with E-state index in [1.54, 1.807) is 6.20 Å². The molecule has 1 heterocycles. The maximum atomic E-state index is 4.19. The fourth-order valence-electron chi connectivity index (χ4n) is 1.54. The standard InChI is InChI=1S/C10H14N2/c1-7(2)10-9(8-3-4-8)5-6-11-12-10/h5-8H,3-4H2,1-2H3. The lowest BCUT2D eigenvalue weighted by molar-refractivity contribution is 0.761. The summed E-state index contributed by atoms with van der Waals surface area (Å²) >= 11 is 0. The molecule has 0 radical (unpaired) electrons. The molecule has 0 atom stereocenters. The minimum atomic E-state index is 0.509. The lowest BCUT2D eigenvalue weighted by atomic mass is 10.0. The van der Waals surface area contributed by atoms with Crippen LogP contribution in [0.5, 0.6) is 0 Å². The highest BCUT2D eigenvalue weighted by Crippen LogP contribution is 2.42. The lowest BCUT2D eigenvalue weighted by Gasteiger charge is -2.08. The molecule has 1 aromatic heterocycles. The Hall–Kier alpha value is -0.920. The van der Waals surface area contributed by atoms with Gasteiger partial charge in [-0.3, -0.25) is 0 Å². The van der Waals surface area contributed by atoms with E-state index in [9.17, 15) is 0 Å². The molecule has 0 N–H and O–H groups in total. The Kier molecular flexibility index (Phi) is 1.83. The first-order valence-electron chi connectivity index (χ1n) is 4.60. The number of hydrogen-bond donors (Lipinski definition) is 0. The molecule has 64 valence electrons. The highest BCUT2D eigenvalue weighted by atomic mass is 15.1. The van der Waals surface area contributed by atoms with Crippen molar-refractivity contribution in [1.29, 1.82) is 0 Å². The SMILES string of the molecule is CC(C)c1nnccc1C1CC1. The summed E-state index contributed by atoms with van der Waals surface area (Å²) in [6, 6.07) is 2.12. The smallest absolute Gasteiger partial charge is 0.0691 e. The first-order valence-corrected chi connectivity index (χ1v) is 4.60. The fraction of sp³-hybridized carbons (Fsp3) is 0.600. The van der Waals surface area contributed by atoms with Crippen molar-refractivity contribution in [1.82, 2.24) is 10.2 Å². The lowest BCUT2D eigenvalue weighted by Crippen LogP contribution is -2.00. The Morgan fingerprint density at radius 1 is 1.42 bits per heavy atom. The first-order chi connectivity index (χ1) is 5.79. The molecule has 0 spiro atoms. The van der Waals surface area contributed by atoms with E-state index < -0.39 is 0 Å². The third kappa shape index (κ3) is 1.33. The first kappa shape index (κ1) is 7.71. The van der Waals surface area contributed by atoms with Crippen LogP contribution in [-0.2, 0) is 0 Å². The summed E-state index contributed by atoms with van der Waals surface area (Å²) in [5, 5.41) is 8.12. The molecule has 2 nitrogen and oxygen atoms in total. The summed E-state index contributed by atoms with van der Waals surface area (Å²) in [4.78, 5) is 0. The van der Waals surface area contributed by atoms with Gasteiger partial charge in [0, 0.05) is 6.20 Å². The summed E-state index contributed by atoms with van der Waals surface area (Å²) in [6.07, 6.45) is 4.48. The number of hydrogen-bond acceptors (Lipinski definition) is 2. The van der Waals surface area contributed by atoms with Crippen LogP contribution in [0.2, 0.25) is 0 Å². The van der Waals surface area contributed by atoms with Crippen LogP contribution in [0.15, 0.2) is 12.3 Å². The van der Waals surface area contributed by atoms with Gasteiger partial charge in [-0.1, -0.05) is 13.8 Å².